The maximum absolute atomic E-state index is 6.75. The summed E-state index contributed by atoms with van der Waals surface area (Å²) in [4.78, 5) is 15.3. The third-order valence-electron chi connectivity index (χ3n) is 11.4. The lowest BCUT2D eigenvalue weighted by atomic mass is 9.98. The first-order valence-electron chi connectivity index (χ1n) is 19.5. The van der Waals surface area contributed by atoms with Crippen LogP contribution in [0, 0.1) is 0 Å². The Balaban J connectivity index is 1.15. The van der Waals surface area contributed by atoms with E-state index in [9.17, 15) is 0 Å². The third kappa shape index (κ3) is 5.14. The summed E-state index contributed by atoms with van der Waals surface area (Å²) in [5.41, 5.74) is 10.2. The smallest absolute Gasteiger partial charge is 0.164 e. The molecule has 0 spiro atoms. The van der Waals surface area contributed by atoms with E-state index < -0.39 is 0 Å². The molecule has 3 aromatic heterocycles. The third-order valence-corrected chi connectivity index (χ3v) is 11.4. The number of nitrogens with zero attached hydrogens (tertiary/aromatic N) is 4. The second kappa shape index (κ2) is 12.8. The van der Waals surface area contributed by atoms with Crippen molar-refractivity contribution in [1.29, 1.82) is 0 Å². The normalized spacial score (nSPS) is 11.8. The number of aromatic nitrogens is 4. The van der Waals surface area contributed by atoms with Gasteiger partial charge in [-0.2, -0.15) is 0 Å². The van der Waals surface area contributed by atoms with Crippen LogP contribution in [0.15, 0.2) is 199 Å². The number of rotatable bonds is 5. The van der Waals surface area contributed by atoms with Crippen molar-refractivity contribution in [2.75, 3.05) is 0 Å². The van der Waals surface area contributed by atoms with Gasteiger partial charge in [0, 0.05) is 49.3 Å². The molecule has 0 fully saturated rings. The highest BCUT2D eigenvalue weighted by Crippen LogP contribution is 2.42. The Morgan fingerprint density at radius 1 is 0.345 bits per heavy atom. The molecule has 5 nitrogen and oxygen atoms in total. The van der Waals surface area contributed by atoms with Gasteiger partial charge in [-0.15, -0.1) is 0 Å². The van der Waals surface area contributed by atoms with Gasteiger partial charge < -0.3 is 8.98 Å². The summed E-state index contributed by atoms with van der Waals surface area (Å²) < 4.78 is 9.15. The van der Waals surface area contributed by atoms with Crippen LogP contribution in [0.5, 0.6) is 0 Å². The molecule has 0 radical (unpaired) electrons. The number of hydrogen-bond donors (Lipinski definition) is 0. The second-order valence-corrected chi connectivity index (χ2v) is 14.8. The maximum Gasteiger partial charge on any atom is 0.164 e. The fourth-order valence-corrected chi connectivity index (χ4v) is 8.63. The molecule has 0 saturated carbocycles. The lowest BCUT2D eigenvalue weighted by molar-refractivity contribution is 0.672. The minimum Gasteiger partial charge on any atom is -0.455 e. The Kier molecular flexibility index (Phi) is 7.16. The Hall–Kier alpha value is -7.89. The van der Waals surface area contributed by atoms with Crippen LogP contribution >= 0.6 is 0 Å². The van der Waals surface area contributed by atoms with Gasteiger partial charge in [-0.3, -0.25) is 0 Å². The standard InChI is InChI=1S/C53H32N4O/c1-4-14-33(15-5-1)38-24-27-47-42(29-38)43-28-36-20-10-11-21-37(36)30-48(43)57(47)39-25-26-40-44(31-39)50-45(41-22-12-13-23-49(41)58-50)32-46(40)53-55-51(34-16-6-2-7-17-34)54-52(56-53)35-18-8-3-9-19-35/h1-32H. The minimum atomic E-state index is 0.606. The van der Waals surface area contributed by atoms with Gasteiger partial charge in [0.05, 0.1) is 11.0 Å². The Morgan fingerprint density at radius 2 is 0.931 bits per heavy atom. The van der Waals surface area contributed by atoms with E-state index in [1.807, 2.05) is 72.8 Å². The predicted molar refractivity (Wildman–Crippen MR) is 238 cm³/mol. The molecule has 270 valence electrons. The van der Waals surface area contributed by atoms with E-state index in [2.05, 4.69) is 126 Å². The molecule has 12 rings (SSSR count). The van der Waals surface area contributed by atoms with E-state index in [1.165, 1.54) is 32.7 Å². The van der Waals surface area contributed by atoms with E-state index in [4.69, 9.17) is 19.4 Å². The minimum absolute atomic E-state index is 0.606. The van der Waals surface area contributed by atoms with E-state index >= 15 is 0 Å². The molecule has 5 heteroatoms. The zero-order chi connectivity index (χ0) is 38.2. The summed E-state index contributed by atoms with van der Waals surface area (Å²) >= 11 is 0. The summed E-state index contributed by atoms with van der Waals surface area (Å²) in [5, 5.41) is 8.87. The Bertz CT molecular complexity index is 3500. The molecule has 12 aromatic rings. The lowest BCUT2D eigenvalue weighted by Gasteiger charge is -2.13. The molecule has 0 aliphatic heterocycles. The van der Waals surface area contributed by atoms with Gasteiger partial charge in [0.2, 0.25) is 0 Å². The highest BCUT2D eigenvalue weighted by Gasteiger charge is 2.21. The average molecular weight is 741 g/mol. The fraction of sp³-hybridized carbons (Fsp3) is 0. The molecule has 0 aliphatic carbocycles. The van der Waals surface area contributed by atoms with E-state index in [-0.39, 0.29) is 0 Å². The maximum atomic E-state index is 6.75. The average Bonchev–Trinajstić information content (AvgIpc) is 3.83. The second-order valence-electron chi connectivity index (χ2n) is 14.8. The van der Waals surface area contributed by atoms with Crippen molar-refractivity contribution in [3.8, 4) is 51.0 Å². The van der Waals surface area contributed by atoms with E-state index in [0.717, 1.165) is 66.1 Å². The summed E-state index contributed by atoms with van der Waals surface area (Å²) in [6, 6.07) is 68.1. The first-order valence-corrected chi connectivity index (χ1v) is 19.5. The van der Waals surface area contributed by atoms with Crippen LogP contribution in [-0.2, 0) is 0 Å². The molecule has 0 atom stereocenters. The molecule has 0 amide bonds. The molecule has 0 unspecified atom stereocenters. The molecule has 0 N–H and O–H groups in total. The van der Waals surface area contributed by atoms with Gasteiger partial charge in [-0.1, -0.05) is 146 Å². The fourth-order valence-electron chi connectivity index (χ4n) is 8.63. The number of fused-ring (bicyclic) bond motifs is 9. The summed E-state index contributed by atoms with van der Waals surface area (Å²) in [6.07, 6.45) is 0. The van der Waals surface area contributed by atoms with Gasteiger partial charge in [-0.25, -0.2) is 15.0 Å². The summed E-state index contributed by atoms with van der Waals surface area (Å²) in [5.74, 6) is 1.85. The molecule has 58 heavy (non-hydrogen) atoms. The first-order chi connectivity index (χ1) is 28.7. The molecule has 9 aromatic carbocycles. The van der Waals surface area contributed by atoms with Crippen molar-refractivity contribution >= 4 is 65.3 Å². The first kappa shape index (κ1) is 32.4. The zero-order valence-electron chi connectivity index (χ0n) is 31.2. The quantitative estimate of drug-likeness (QED) is 0.176. The van der Waals surface area contributed by atoms with Gasteiger partial charge in [0.25, 0.3) is 0 Å². The van der Waals surface area contributed by atoms with Gasteiger partial charge in [0.1, 0.15) is 11.2 Å². The van der Waals surface area contributed by atoms with Crippen LogP contribution < -0.4 is 0 Å². The van der Waals surface area contributed by atoms with Crippen LogP contribution in [0.2, 0.25) is 0 Å². The highest BCUT2D eigenvalue weighted by atomic mass is 16.3. The number of furan rings is 1. The molecule has 0 bridgehead atoms. The predicted octanol–water partition coefficient (Wildman–Crippen LogP) is 13.8. The molecule has 0 saturated heterocycles. The van der Waals surface area contributed by atoms with Gasteiger partial charge >= 0.3 is 0 Å². The van der Waals surface area contributed by atoms with Crippen LogP contribution in [0.25, 0.3) is 116 Å². The van der Waals surface area contributed by atoms with Crippen molar-refractivity contribution in [3.05, 3.63) is 194 Å². The monoisotopic (exact) mass is 740 g/mol. The van der Waals surface area contributed by atoms with Crippen molar-refractivity contribution in [2.45, 2.75) is 0 Å². The van der Waals surface area contributed by atoms with Crippen molar-refractivity contribution < 1.29 is 4.42 Å². The number of hydrogen-bond acceptors (Lipinski definition) is 4. The Labute approximate surface area is 333 Å². The summed E-state index contributed by atoms with van der Waals surface area (Å²) in [6.45, 7) is 0. The molecule has 3 heterocycles. The van der Waals surface area contributed by atoms with Crippen LogP contribution in [0.3, 0.4) is 0 Å². The van der Waals surface area contributed by atoms with Crippen LogP contribution in [0.1, 0.15) is 0 Å². The SMILES string of the molecule is c1ccc(-c2ccc3c(c2)c2cc4ccccc4cc2n3-c2ccc3c(-c4nc(-c5ccccc5)nc(-c5ccccc5)n4)cc4c5ccccc5oc4c3c2)cc1. The Morgan fingerprint density at radius 3 is 1.66 bits per heavy atom. The van der Waals surface area contributed by atoms with Gasteiger partial charge in [0.15, 0.2) is 17.5 Å². The zero-order valence-corrected chi connectivity index (χ0v) is 31.2. The van der Waals surface area contributed by atoms with E-state index in [0.29, 0.717) is 17.5 Å². The largest absolute Gasteiger partial charge is 0.455 e. The molecular weight excluding hydrogens is 709 g/mol. The van der Waals surface area contributed by atoms with Crippen molar-refractivity contribution in [3.63, 3.8) is 0 Å². The van der Waals surface area contributed by atoms with Crippen molar-refractivity contribution in [2.24, 2.45) is 0 Å². The lowest BCUT2D eigenvalue weighted by Crippen LogP contribution is -2.01. The van der Waals surface area contributed by atoms with E-state index in [1.54, 1.807) is 0 Å². The summed E-state index contributed by atoms with van der Waals surface area (Å²) in [7, 11) is 0. The van der Waals surface area contributed by atoms with Crippen LogP contribution in [-0.4, -0.2) is 19.5 Å². The molecule has 0 aliphatic rings. The number of benzene rings is 9. The number of para-hydroxylation sites is 1. The topological polar surface area (TPSA) is 56.7 Å². The van der Waals surface area contributed by atoms with Crippen LogP contribution in [0.4, 0.5) is 0 Å². The molecular formula is C53H32N4O. The van der Waals surface area contributed by atoms with Gasteiger partial charge in [-0.05, 0) is 75.8 Å². The highest BCUT2D eigenvalue weighted by molar-refractivity contribution is 6.20. The van der Waals surface area contributed by atoms with Crippen molar-refractivity contribution in [1.82, 2.24) is 19.5 Å².